The average molecular weight is 228 g/mol. The van der Waals surface area contributed by atoms with E-state index in [1.165, 1.54) is 19.3 Å². The van der Waals surface area contributed by atoms with E-state index in [4.69, 9.17) is 5.73 Å². The molecule has 1 fully saturated rings. The molecule has 96 valence electrons. The van der Waals surface area contributed by atoms with Gasteiger partial charge in [0.15, 0.2) is 0 Å². The van der Waals surface area contributed by atoms with E-state index in [1.54, 1.807) is 0 Å². The van der Waals surface area contributed by atoms with Gasteiger partial charge in [-0.25, -0.2) is 0 Å². The van der Waals surface area contributed by atoms with Crippen LogP contribution in [0.1, 0.15) is 46.5 Å². The topological polar surface area (TPSA) is 49.5 Å². The Morgan fingerprint density at radius 3 is 2.62 bits per heavy atom. The first-order valence-electron chi connectivity index (χ1n) is 6.62. The number of aliphatic hydroxyl groups is 1. The minimum atomic E-state index is -0.555. The van der Waals surface area contributed by atoms with E-state index in [0.29, 0.717) is 6.04 Å². The summed E-state index contributed by atoms with van der Waals surface area (Å²) < 4.78 is 0. The first-order chi connectivity index (χ1) is 7.46. The first-order valence-corrected chi connectivity index (χ1v) is 6.62. The number of hydrogen-bond donors (Lipinski definition) is 2. The molecule has 0 radical (unpaired) electrons. The van der Waals surface area contributed by atoms with Gasteiger partial charge in [0.05, 0.1) is 5.60 Å². The molecule has 0 saturated carbocycles. The van der Waals surface area contributed by atoms with Crippen LogP contribution >= 0.6 is 0 Å². The maximum atomic E-state index is 9.75. The van der Waals surface area contributed by atoms with Gasteiger partial charge in [-0.3, -0.25) is 4.90 Å². The number of piperidine rings is 1. The summed E-state index contributed by atoms with van der Waals surface area (Å²) in [7, 11) is 0. The fourth-order valence-electron chi connectivity index (χ4n) is 2.51. The minimum Gasteiger partial charge on any atom is -0.390 e. The molecule has 16 heavy (non-hydrogen) atoms. The van der Waals surface area contributed by atoms with Crippen LogP contribution < -0.4 is 5.73 Å². The molecule has 1 saturated heterocycles. The zero-order valence-corrected chi connectivity index (χ0v) is 11.1. The Morgan fingerprint density at radius 1 is 1.44 bits per heavy atom. The van der Waals surface area contributed by atoms with Crippen LogP contribution in [0.5, 0.6) is 0 Å². The molecule has 3 nitrogen and oxygen atoms in total. The third-order valence-corrected chi connectivity index (χ3v) is 3.81. The summed E-state index contributed by atoms with van der Waals surface area (Å²) in [5.41, 5.74) is 5.29. The molecule has 1 heterocycles. The molecule has 0 amide bonds. The van der Waals surface area contributed by atoms with Crippen molar-refractivity contribution in [3.05, 3.63) is 0 Å². The zero-order valence-electron chi connectivity index (χ0n) is 11.1. The molecular weight excluding hydrogens is 200 g/mol. The van der Waals surface area contributed by atoms with Crippen LogP contribution in [-0.2, 0) is 0 Å². The minimum absolute atomic E-state index is 0.529. The van der Waals surface area contributed by atoms with E-state index >= 15 is 0 Å². The van der Waals surface area contributed by atoms with Gasteiger partial charge < -0.3 is 10.8 Å². The lowest BCUT2D eigenvalue weighted by atomic mass is 9.88. The highest BCUT2D eigenvalue weighted by Gasteiger charge is 2.27. The van der Waals surface area contributed by atoms with Crippen LogP contribution in [0, 0.1) is 5.92 Å². The molecule has 1 aliphatic heterocycles. The van der Waals surface area contributed by atoms with Crippen LogP contribution in [0.15, 0.2) is 0 Å². The molecule has 2 atom stereocenters. The predicted octanol–water partition coefficient (Wildman–Crippen LogP) is 1.60. The molecule has 0 spiro atoms. The van der Waals surface area contributed by atoms with Crippen molar-refractivity contribution in [1.82, 2.24) is 4.90 Å². The normalized spacial score (nSPS) is 28.3. The van der Waals surface area contributed by atoms with Crippen molar-refractivity contribution >= 4 is 0 Å². The summed E-state index contributed by atoms with van der Waals surface area (Å²) in [6.07, 6.45) is 4.63. The molecular formula is C13H28N2O. The summed E-state index contributed by atoms with van der Waals surface area (Å²) >= 11 is 0. The average Bonchev–Trinajstić information content (AvgIpc) is 2.25. The number of nitrogens with zero attached hydrogens (tertiary/aromatic N) is 1. The predicted molar refractivity (Wildman–Crippen MR) is 68.3 cm³/mol. The second-order valence-electron chi connectivity index (χ2n) is 5.79. The van der Waals surface area contributed by atoms with E-state index in [9.17, 15) is 5.11 Å². The fourth-order valence-corrected chi connectivity index (χ4v) is 2.51. The maximum absolute atomic E-state index is 9.75. The van der Waals surface area contributed by atoms with Crippen molar-refractivity contribution in [2.45, 2.75) is 58.1 Å². The third-order valence-electron chi connectivity index (χ3n) is 3.81. The highest BCUT2D eigenvalue weighted by Crippen LogP contribution is 2.25. The van der Waals surface area contributed by atoms with E-state index in [0.717, 1.165) is 32.0 Å². The Labute approximate surface area is 100 Å². The Kier molecular flexibility index (Phi) is 5.22. The summed E-state index contributed by atoms with van der Waals surface area (Å²) in [6, 6.07) is 0.529. The third kappa shape index (κ3) is 4.40. The largest absolute Gasteiger partial charge is 0.390 e. The van der Waals surface area contributed by atoms with Crippen LogP contribution in [0.4, 0.5) is 0 Å². The van der Waals surface area contributed by atoms with E-state index in [2.05, 4.69) is 11.8 Å². The van der Waals surface area contributed by atoms with Crippen molar-refractivity contribution in [2.75, 3.05) is 19.6 Å². The van der Waals surface area contributed by atoms with E-state index in [1.807, 2.05) is 13.8 Å². The molecule has 0 aromatic carbocycles. The second kappa shape index (κ2) is 5.99. The number of nitrogens with two attached hydrogens (primary N) is 1. The quantitative estimate of drug-likeness (QED) is 0.751. The maximum Gasteiger partial charge on any atom is 0.0603 e. The Hall–Kier alpha value is -0.120. The molecule has 1 rings (SSSR count). The van der Waals surface area contributed by atoms with E-state index < -0.39 is 5.60 Å². The molecule has 2 unspecified atom stereocenters. The van der Waals surface area contributed by atoms with Gasteiger partial charge in [0.1, 0.15) is 0 Å². The summed E-state index contributed by atoms with van der Waals surface area (Å²) in [6.45, 7) is 8.90. The highest BCUT2D eigenvalue weighted by molar-refractivity contribution is 4.83. The SMILES string of the molecule is CCC1CCN(CCC(C)(C)O)C(CN)C1. The summed E-state index contributed by atoms with van der Waals surface area (Å²) in [5, 5.41) is 9.75. The molecule has 3 heteroatoms. The van der Waals surface area contributed by atoms with Crippen LogP contribution in [0.2, 0.25) is 0 Å². The number of rotatable bonds is 5. The first kappa shape index (κ1) is 13.9. The van der Waals surface area contributed by atoms with Gasteiger partial charge in [-0.2, -0.15) is 0 Å². The second-order valence-corrected chi connectivity index (χ2v) is 5.79. The highest BCUT2D eigenvalue weighted by atomic mass is 16.3. The van der Waals surface area contributed by atoms with Gasteiger partial charge in [0.2, 0.25) is 0 Å². The summed E-state index contributed by atoms with van der Waals surface area (Å²) in [4.78, 5) is 2.46. The molecule has 3 N–H and O–H groups in total. The Bertz CT molecular complexity index is 201. The standard InChI is InChI=1S/C13H28N2O/c1-4-11-5-7-15(12(9-11)10-14)8-6-13(2,3)16/h11-12,16H,4-10,14H2,1-3H3. The lowest BCUT2D eigenvalue weighted by Crippen LogP contribution is -2.48. The Balaban J connectivity index is 2.41. The molecule has 0 aromatic heterocycles. The molecule has 0 aliphatic carbocycles. The number of likely N-dealkylation sites (tertiary alicyclic amines) is 1. The monoisotopic (exact) mass is 228 g/mol. The van der Waals surface area contributed by atoms with Gasteiger partial charge in [0, 0.05) is 19.1 Å². The van der Waals surface area contributed by atoms with Crippen LogP contribution in [0.25, 0.3) is 0 Å². The number of hydrogen-bond acceptors (Lipinski definition) is 3. The Morgan fingerprint density at radius 2 is 2.12 bits per heavy atom. The van der Waals surface area contributed by atoms with Crippen molar-refractivity contribution in [1.29, 1.82) is 0 Å². The summed E-state index contributed by atoms with van der Waals surface area (Å²) in [5.74, 6) is 0.854. The van der Waals surface area contributed by atoms with Crippen molar-refractivity contribution in [3.63, 3.8) is 0 Å². The van der Waals surface area contributed by atoms with Crippen LogP contribution in [0.3, 0.4) is 0 Å². The molecule has 0 bridgehead atoms. The van der Waals surface area contributed by atoms with Gasteiger partial charge in [-0.05, 0) is 45.6 Å². The van der Waals surface area contributed by atoms with Gasteiger partial charge in [-0.15, -0.1) is 0 Å². The molecule has 1 aliphatic rings. The zero-order chi connectivity index (χ0) is 12.2. The smallest absolute Gasteiger partial charge is 0.0603 e. The van der Waals surface area contributed by atoms with Crippen molar-refractivity contribution in [2.24, 2.45) is 11.7 Å². The van der Waals surface area contributed by atoms with Crippen LogP contribution in [-0.4, -0.2) is 41.3 Å². The van der Waals surface area contributed by atoms with Crippen molar-refractivity contribution < 1.29 is 5.11 Å². The van der Waals surface area contributed by atoms with E-state index in [-0.39, 0.29) is 0 Å². The lowest BCUT2D eigenvalue weighted by molar-refractivity contribution is 0.0386. The van der Waals surface area contributed by atoms with Gasteiger partial charge >= 0.3 is 0 Å². The van der Waals surface area contributed by atoms with Gasteiger partial charge in [0.25, 0.3) is 0 Å². The van der Waals surface area contributed by atoms with Crippen molar-refractivity contribution in [3.8, 4) is 0 Å². The lowest BCUT2D eigenvalue weighted by Gasteiger charge is -2.39. The molecule has 0 aromatic rings. The fraction of sp³-hybridized carbons (Fsp3) is 1.00. The van der Waals surface area contributed by atoms with Gasteiger partial charge in [-0.1, -0.05) is 13.3 Å².